The second-order valence-corrected chi connectivity index (χ2v) is 12.4. The molecule has 3 aromatic heterocycles. The first-order valence-electron chi connectivity index (χ1n) is 13.9. The van der Waals surface area contributed by atoms with Gasteiger partial charge in [0.1, 0.15) is 11.5 Å². The molecule has 0 N–H and O–H groups in total. The van der Waals surface area contributed by atoms with Gasteiger partial charge in [0.25, 0.3) is 0 Å². The topological polar surface area (TPSA) is 109 Å². The molecule has 2 aliphatic heterocycles. The Labute approximate surface area is 228 Å². The second-order valence-electron chi connectivity index (χ2n) is 12.4. The van der Waals surface area contributed by atoms with E-state index in [0.29, 0.717) is 19.0 Å². The van der Waals surface area contributed by atoms with Crippen LogP contribution < -0.4 is 4.90 Å². The van der Waals surface area contributed by atoms with Crippen LogP contribution >= 0.6 is 0 Å². The van der Waals surface area contributed by atoms with Gasteiger partial charge in [-0.2, -0.15) is 15.5 Å². The highest BCUT2D eigenvalue weighted by atomic mass is 16.6. The monoisotopic (exact) mass is 529 g/mol. The Hall–Kier alpha value is -3.87. The average Bonchev–Trinajstić information content (AvgIpc) is 3.38. The van der Waals surface area contributed by atoms with E-state index < -0.39 is 11.5 Å². The molecule has 10 heteroatoms. The Balaban J connectivity index is 0.000000864. The molecule has 5 heterocycles. The van der Waals surface area contributed by atoms with Gasteiger partial charge in [-0.25, -0.2) is 9.31 Å². The standard InChI is InChI=1S/C26H29N7O3.C3H6/c1-25(2,3)36-24(35)30-15-26(16-30)9-20(10-26)32-14-19(12-29-32)18-8-22-21(4-6-28-33(22)13-18)31-7-5-17(11-27)23(31)34;1-2-3-1/h4,6,8,12-14,17,20H,5,7,9-10,15-16H2,1-3H3;1-3H2. The minimum absolute atomic E-state index is 0.152. The summed E-state index contributed by atoms with van der Waals surface area (Å²) in [7, 11) is 0. The van der Waals surface area contributed by atoms with Crippen LogP contribution in [0.25, 0.3) is 16.6 Å². The number of carbonyl (C=O) groups excluding carboxylic acids is 2. The van der Waals surface area contributed by atoms with Crippen molar-refractivity contribution >= 4 is 23.2 Å². The number of rotatable bonds is 3. The van der Waals surface area contributed by atoms with Crippen LogP contribution in [0.1, 0.15) is 65.3 Å². The summed E-state index contributed by atoms with van der Waals surface area (Å²) < 4.78 is 9.27. The lowest BCUT2D eigenvalue weighted by Crippen LogP contribution is -2.64. The van der Waals surface area contributed by atoms with Gasteiger partial charge in [0.2, 0.25) is 5.91 Å². The third-order valence-electron chi connectivity index (χ3n) is 7.84. The molecule has 1 spiro atoms. The molecule has 4 aliphatic rings. The van der Waals surface area contributed by atoms with E-state index in [1.165, 1.54) is 19.3 Å². The molecule has 2 aliphatic carbocycles. The second kappa shape index (κ2) is 9.40. The molecule has 204 valence electrons. The third kappa shape index (κ3) is 4.98. The number of ether oxygens (including phenoxy) is 1. The summed E-state index contributed by atoms with van der Waals surface area (Å²) in [5, 5.41) is 18.3. The minimum atomic E-state index is -0.580. The number of nitriles is 1. The molecule has 10 nitrogen and oxygen atoms in total. The molecule has 0 radical (unpaired) electrons. The lowest BCUT2D eigenvalue weighted by Gasteiger charge is -2.58. The number of likely N-dealkylation sites (tertiary alicyclic amines) is 1. The van der Waals surface area contributed by atoms with Gasteiger partial charge in [0.05, 0.1) is 29.5 Å². The summed E-state index contributed by atoms with van der Waals surface area (Å²) in [6, 6.07) is 6.26. The van der Waals surface area contributed by atoms with Crippen molar-refractivity contribution in [3.05, 3.63) is 36.9 Å². The normalized spacial score (nSPS) is 21.7. The van der Waals surface area contributed by atoms with Crippen molar-refractivity contribution in [3.8, 4) is 17.2 Å². The van der Waals surface area contributed by atoms with Crippen LogP contribution in [-0.4, -0.2) is 61.5 Å². The highest BCUT2D eigenvalue weighted by molar-refractivity contribution is 6.02. The molecule has 7 rings (SSSR count). The van der Waals surface area contributed by atoms with Crippen molar-refractivity contribution in [1.82, 2.24) is 24.3 Å². The fourth-order valence-electron chi connectivity index (χ4n) is 5.72. The third-order valence-corrected chi connectivity index (χ3v) is 7.84. The molecule has 2 amide bonds. The van der Waals surface area contributed by atoms with E-state index in [9.17, 15) is 14.9 Å². The maximum Gasteiger partial charge on any atom is 0.410 e. The van der Waals surface area contributed by atoms with Crippen molar-refractivity contribution in [3.63, 3.8) is 0 Å². The number of aromatic nitrogens is 4. The Morgan fingerprint density at radius 2 is 1.87 bits per heavy atom. The van der Waals surface area contributed by atoms with Crippen LogP contribution in [0.3, 0.4) is 0 Å². The molecule has 2 saturated heterocycles. The van der Waals surface area contributed by atoms with Crippen LogP contribution in [0.4, 0.5) is 10.5 Å². The van der Waals surface area contributed by atoms with Crippen molar-refractivity contribution in [2.24, 2.45) is 11.3 Å². The lowest BCUT2D eigenvalue weighted by molar-refractivity contribution is -0.118. The number of amides is 2. The van der Waals surface area contributed by atoms with Crippen molar-refractivity contribution in [2.45, 2.75) is 70.9 Å². The van der Waals surface area contributed by atoms with E-state index in [2.05, 4.69) is 22.5 Å². The summed E-state index contributed by atoms with van der Waals surface area (Å²) in [6.07, 6.45) is 14.3. The first-order valence-corrected chi connectivity index (χ1v) is 13.9. The fourth-order valence-corrected chi connectivity index (χ4v) is 5.72. The quantitative estimate of drug-likeness (QED) is 0.481. The van der Waals surface area contributed by atoms with Gasteiger partial charge in [-0.3, -0.25) is 9.48 Å². The van der Waals surface area contributed by atoms with Crippen molar-refractivity contribution in [2.75, 3.05) is 24.5 Å². The van der Waals surface area contributed by atoms with Crippen molar-refractivity contribution < 1.29 is 14.3 Å². The molecular weight excluding hydrogens is 494 g/mol. The van der Waals surface area contributed by atoms with Gasteiger partial charge < -0.3 is 14.5 Å². The molecule has 39 heavy (non-hydrogen) atoms. The predicted octanol–water partition coefficient (Wildman–Crippen LogP) is 4.82. The van der Waals surface area contributed by atoms with Crippen LogP contribution in [0.2, 0.25) is 0 Å². The largest absolute Gasteiger partial charge is 0.444 e. The Morgan fingerprint density at radius 3 is 2.51 bits per heavy atom. The summed E-state index contributed by atoms with van der Waals surface area (Å²) in [5.74, 6) is -0.732. The molecule has 3 aromatic rings. The minimum Gasteiger partial charge on any atom is -0.444 e. The van der Waals surface area contributed by atoms with Gasteiger partial charge in [-0.05, 0) is 52.2 Å². The Bertz CT molecular complexity index is 1440. The number of hydrogen-bond donors (Lipinski definition) is 0. The zero-order chi connectivity index (χ0) is 27.4. The average molecular weight is 530 g/mol. The SMILES string of the molecule is C1CC1.CC(C)(C)OC(=O)N1CC2(CC(n3cc(-c4cc5c(N6CCC(C#N)C6=O)ccnn5c4)cn3)C2)C1. The molecule has 1 unspecified atom stereocenters. The number of hydrogen-bond acceptors (Lipinski definition) is 6. The molecule has 4 fully saturated rings. The Kier molecular flexibility index (Phi) is 6.12. The fraction of sp³-hybridized carbons (Fsp3) is 0.552. The maximum absolute atomic E-state index is 12.6. The zero-order valence-corrected chi connectivity index (χ0v) is 22.8. The molecule has 0 aromatic carbocycles. The molecular formula is C29H35N7O3. The maximum atomic E-state index is 12.6. The van der Waals surface area contributed by atoms with Gasteiger partial charge in [-0.1, -0.05) is 19.3 Å². The molecule has 2 saturated carbocycles. The van der Waals surface area contributed by atoms with Gasteiger partial charge in [0, 0.05) is 54.8 Å². The van der Waals surface area contributed by atoms with E-state index in [4.69, 9.17) is 4.74 Å². The summed E-state index contributed by atoms with van der Waals surface area (Å²) in [4.78, 5) is 28.3. The van der Waals surface area contributed by atoms with E-state index in [1.807, 2.05) is 50.0 Å². The van der Waals surface area contributed by atoms with Crippen LogP contribution in [0.5, 0.6) is 0 Å². The van der Waals surface area contributed by atoms with Crippen molar-refractivity contribution in [1.29, 1.82) is 5.26 Å². The zero-order valence-electron chi connectivity index (χ0n) is 22.8. The number of anilines is 1. The number of fused-ring (bicyclic) bond motifs is 1. The smallest absolute Gasteiger partial charge is 0.410 e. The molecule has 1 atom stereocenters. The first kappa shape index (κ1) is 25.4. The lowest BCUT2D eigenvalue weighted by atomic mass is 9.61. The van der Waals surface area contributed by atoms with E-state index in [-0.39, 0.29) is 17.4 Å². The summed E-state index contributed by atoms with van der Waals surface area (Å²) >= 11 is 0. The summed E-state index contributed by atoms with van der Waals surface area (Å²) in [5.41, 5.74) is 3.26. The summed E-state index contributed by atoms with van der Waals surface area (Å²) in [6.45, 7) is 7.67. The van der Waals surface area contributed by atoms with Gasteiger partial charge in [0.15, 0.2) is 0 Å². The number of carbonyl (C=O) groups is 2. The van der Waals surface area contributed by atoms with E-state index >= 15 is 0 Å². The highest BCUT2D eigenvalue weighted by Crippen LogP contribution is 2.54. The van der Waals surface area contributed by atoms with Crippen LogP contribution in [0, 0.1) is 22.7 Å². The number of nitrogens with zero attached hydrogens (tertiary/aromatic N) is 7. The van der Waals surface area contributed by atoms with E-state index in [1.54, 1.807) is 20.5 Å². The molecule has 0 bridgehead atoms. The van der Waals surface area contributed by atoms with Crippen LogP contribution in [-0.2, 0) is 9.53 Å². The highest BCUT2D eigenvalue weighted by Gasteiger charge is 2.55. The first-order chi connectivity index (χ1) is 18.6. The van der Waals surface area contributed by atoms with E-state index in [0.717, 1.165) is 48.3 Å². The Morgan fingerprint density at radius 1 is 1.13 bits per heavy atom. The van der Waals surface area contributed by atoms with Gasteiger partial charge in [-0.15, -0.1) is 0 Å². The van der Waals surface area contributed by atoms with Gasteiger partial charge >= 0.3 is 6.09 Å². The van der Waals surface area contributed by atoms with Crippen LogP contribution in [0.15, 0.2) is 36.9 Å². The predicted molar refractivity (Wildman–Crippen MR) is 145 cm³/mol.